The molecule has 0 spiro atoms. The fourth-order valence-corrected chi connectivity index (χ4v) is 4.28. The Kier molecular flexibility index (Phi) is 25.4. The Morgan fingerprint density at radius 3 is 1.83 bits per heavy atom. The van der Waals surface area contributed by atoms with E-state index in [1.807, 2.05) is 25.8 Å². The number of guanidine groups is 1. The minimum atomic E-state index is 0.164. The van der Waals surface area contributed by atoms with Gasteiger partial charge in [0.05, 0.1) is 31.4 Å². The van der Waals surface area contributed by atoms with Crippen LogP contribution in [0.4, 0.5) is 0 Å². The molecular weight excluding hydrogens is 532 g/mol. The first-order valence-electron chi connectivity index (χ1n) is 15.8. The maximum atomic E-state index is 10.7. The number of amidine groups is 2. The number of carbonyl (C=O) groups excluding carboxylic acids is 1. The maximum Gasteiger partial charge on any atom is 0.219 e. The van der Waals surface area contributed by atoms with Crippen molar-refractivity contribution in [1.82, 2.24) is 20.4 Å². The zero-order chi connectivity index (χ0) is 31.4. The number of likely N-dealkylation sites (tertiary alicyclic amines) is 1. The lowest BCUT2D eigenvalue weighted by Gasteiger charge is -2.24. The second-order valence-electron chi connectivity index (χ2n) is 10.3. The number of aliphatic imine (C=N–C) groups is 4. The van der Waals surface area contributed by atoms with Gasteiger partial charge in [-0.15, -0.1) is 0 Å². The van der Waals surface area contributed by atoms with E-state index in [0.717, 1.165) is 77.8 Å². The van der Waals surface area contributed by atoms with Gasteiger partial charge in [-0.1, -0.05) is 6.92 Å². The molecule has 5 heterocycles. The van der Waals surface area contributed by atoms with Crippen LogP contribution in [0.1, 0.15) is 79.6 Å². The SMILES string of the molecule is CC(=O)N1CCCCC1.CC1=NCCC1.CC1=NCCN1.CCN1CCOCC1.CCN=C(N)N.CN=C1CCCN1. The summed E-state index contributed by atoms with van der Waals surface area (Å²) in [6.45, 7) is 21.9. The molecule has 0 atom stereocenters. The van der Waals surface area contributed by atoms with E-state index in [-0.39, 0.29) is 11.9 Å². The average Bonchev–Trinajstić information content (AvgIpc) is 3.81. The molecule has 0 aromatic carbocycles. The van der Waals surface area contributed by atoms with Crippen LogP contribution in [0.25, 0.3) is 0 Å². The Hall–Kier alpha value is -2.73. The average molecular weight is 595 g/mol. The van der Waals surface area contributed by atoms with E-state index in [1.54, 1.807) is 6.92 Å². The number of nitrogens with zero attached hydrogens (tertiary/aromatic N) is 6. The van der Waals surface area contributed by atoms with Crippen molar-refractivity contribution in [3.05, 3.63) is 0 Å². The number of ether oxygens (including phenoxy) is 1. The largest absolute Gasteiger partial charge is 0.379 e. The van der Waals surface area contributed by atoms with E-state index in [2.05, 4.69) is 49.4 Å². The summed E-state index contributed by atoms with van der Waals surface area (Å²) >= 11 is 0. The molecule has 5 rings (SSSR count). The number of morpholine rings is 1. The summed E-state index contributed by atoms with van der Waals surface area (Å²) in [5.41, 5.74) is 11.2. The molecule has 3 fully saturated rings. The van der Waals surface area contributed by atoms with Crippen molar-refractivity contribution in [2.24, 2.45) is 31.4 Å². The number of hydrogen-bond donors (Lipinski definition) is 4. The van der Waals surface area contributed by atoms with Crippen LogP contribution in [-0.4, -0.2) is 125 Å². The number of piperidine rings is 1. The first-order valence-corrected chi connectivity index (χ1v) is 15.8. The lowest BCUT2D eigenvalue weighted by atomic mass is 10.1. The molecule has 5 aliphatic rings. The molecule has 12 heteroatoms. The minimum Gasteiger partial charge on any atom is -0.379 e. The van der Waals surface area contributed by atoms with E-state index in [4.69, 9.17) is 16.2 Å². The monoisotopic (exact) mass is 595 g/mol. The van der Waals surface area contributed by atoms with Gasteiger partial charge in [-0.25, -0.2) is 0 Å². The maximum absolute atomic E-state index is 10.7. The van der Waals surface area contributed by atoms with Crippen LogP contribution in [0.3, 0.4) is 0 Å². The van der Waals surface area contributed by atoms with Gasteiger partial charge in [0.2, 0.25) is 5.91 Å². The lowest BCUT2D eigenvalue weighted by molar-refractivity contribution is -0.129. The molecule has 3 saturated heterocycles. The standard InChI is InChI=1S/C7H13NO.C6H13NO.C5H10N2.C5H9N.C4H8N2.C3H9N3/c1-7(9)8-5-3-2-4-6-8;1-2-7-3-5-8-6-4-7;1-6-5-3-2-4-7-5;1-5-3-2-4-6-5;1-4-5-2-3-6-4;1-2-6-3(4)5/h2-6H2,1H3;2-6H2,1H3;2-4H2,1H3,(H,6,7);2-4H2,1H3;2-3H2,1H3,(H,5,6);2H2,1H3,(H4,4,5,6). The third-order valence-electron chi connectivity index (χ3n) is 6.80. The van der Waals surface area contributed by atoms with Gasteiger partial charge in [-0.2, -0.15) is 0 Å². The quantitative estimate of drug-likeness (QED) is 0.282. The number of amides is 1. The van der Waals surface area contributed by atoms with E-state index in [9.17, 15) is 4.79 Å². The summed E-state index contributed by atoms with van der Waals surface area (Å²) in [6, 6.07) is 0. The van der Waals surface area contributed by atoms with Crippen LogP contribution in [0.5, 0.6) is 0 Å². The smallest absolute Gasteiger partial charge is 0.219 e. The molecule has 5 aliphatic heterocycles. The molecule has 0 radical (unpaired) electrons. The van der Waals surface area contributed by atoms with E-state index in [1.165, 1.54) is 56.6 Å². The number of nitrogens with two attached hydrogens (primary N) is 2. The third kappa shape index (κ3) is 23.9. The Labute approximate surface area is 255 Å². The van der Waals surface area contributed by atoms with Gasteiger partial charge >= 0.3 is 0 Å². The second kappa shape index (κ2) is 27.1. The van der Waals surface area contributed by atoms with Crippen LogP contribution < -0.4 is 22.1 Å². The Balaban J connectivity index is 0.000000484. The molecule has 0 saturated carbocycles. The van der Waals surface area contributed by atoms with E-state index >= 15 is 0 Å². The fourth-order valence-electron chi connectivity index (χ4n) is 4.28. The van der Waals surface area contributed by atoms with Gasteiger partial charge in [0.15, 0.2) is 5.96 Å². The van der Waals surface area contributed by atoms with E-state index in [0.29, 0.717) is 6.54 Å². The van der Waals surface area contributed by atoms with Crippen molar-refractivity contribution < 1.29 is 9.53 Å². The van der Waals surface area contributed by atoms with Crippen molar-refractivity contribution in [1.29, 1.82) is 0 Å². The zero-order valence-electron chi connectivity index (χ0n) is 27.6. The van der Waals surface area contributed by atoms with Crippen LogP contribution >= 0.6 is 0 Å². The van der Waals surface area contributed by atoms with Crippen LogP contribution in [0.2, 0.25) is 0 Å². The molecular formula is C30H62N10O2. The zero-order valence-corrected chi connectivity index (χ0v) is 27.6. The number of carbonyl (C=O) groups is 1. The lowest BCUT2D eigenvalue weighted by Crippen LogP contribution is -2.35. The van der Waals surface area contributed by atoms with Crippen molar-refractivity contribution in [2.45, 2.75) is 79.6 Å². The highest BCUT2D eigenvalue weighted by Gasteiger charge is 2.11. The highest BCUT2D eigenvalue weighted by Crippen LogP contribution is 2.07. The van der Waals surface area contributed by atoms with E-state index < -0.39 is 0 Å². The van der Waals surface area contributed by atoms with Gasteiger partial charge in [-0.05, 0) is 65.8 Å². The second-order valence-corrected chi connectivity index (χ2v) is 10.3. The summed E-state index contributed by atoms with van der Waals surface area (Å²) in [4.78, 5) is 30.8. The predicted octanol–water partition coefficient (Wildman–Crippen LogP) is 2.28. The predicted molar refractivity (Wildman–Crippen MR) is 179 cm³/mol. The van der Waals surface area contributed by atoms with Gasteiger partial charge in [0, 0.05) is 78.5 Å². The van der Waals surface area contributed by atoms with Gasteiger partial charge in [0.1, 0.15) is 0 Å². The molecule has 6 N–H and O–H groups in total. The summed E-state index contributed by atoms with van der Waals surface area (Å²) in [5, 5.41) is 6.23. The number of rotatable bonds is 2. The molecule has 0 aromatic rings. The first-order chi connectivity index (χ1) is 20.2. The first kappa shape index (κ1) is 39.3. The Morgan fingerprint density at radius 1 is 0.905 bits per heavy atom. The van der Waals surface area contributed by atoms with Crippen LogP contribution in [0, 0.1) is 0 Å². The summed E-state index contributed by atoms with van der Waals surface area (Å²) in [7, 11) is 1.83. The molecule has 12 nitrogen and oxygen atoms in total. The van der Waals surface area contributed by atoms with Gasteiger partial charge in [-0.3, -0.25) is 29.7 Å². The molecule has 0 aromatic heterocycles. The summed E-state index contributed by atoms with van der Waals surface area (Å²) in [6.07, 6.45) is 8.61. The van der Waals surface area contributed by atoms with Gasteiger partial charge in [0.25, 0.3) is 0 Å². The fraction of sp³-hybridized carbons (Fsp3) is 0.833. The number of nitrogens with one attached hydrogen (secondary N) is 2. The third-order valence-corrected chi connectivity index (χ3v) is 6.80. The van der Waals surface area contributed by atoms with Crippen LogP contribution in [0.15, 0.2) is 20.0 Å². The highest BCUT2D eigenvalue weighted by molar-refractivity contribution is 5.83. The topological polar surface area (TPSA) is 158 Å². The van der Waals surface area contributed by atoms with Crippen molar-refractivity contribution in [3.8, 4) is 0 Å². The highest BCUT2D eigenvalue weighted by atomic mass is 16.5. The molecule has 42 heavy (non-hydrogen) atoms. The number of likely N-dealkylation sites (N-methyl/N-ethyl adjacent to an activating group) is 1. The molecule has 0 unspecified atom stereocenters. The molecule has 244 valence electrons. The minimum absolute atomic E-state index is 0.164. The van der Waals surface area contributed by atoms with Crippen LogP contribution in [-0.2, 0) is 9.53 Å². The molecule has 1 amide bonds. The summed E-state index contributed by atoms with van der Waals surface area (Å²) < 4.78 is 5.16. The molecule has 0 aliphatic carbocycles. The van der Waals surface area contributed by atoms with Gasteiger partial charge < -0.3 is 31.7 Å². The van der Waals surface area contributed by atoms with Crippen molar-refractivity contribution >= 4 is 29.2 Å². The normalized spacial score (nSPS) is 20.0. The van der Waals surface area contributed by atoms with Crippen molar-refractivity contribution in [2.75, 3.05) is 85.7 Å². The Morgan fingerprint density at radius 2 is 1.60 bits per heavy atom. The number of hydrogen-bond acceptors (Lipinski definition) is 8. The molecule has 0 bridgehead atoms. The van der Waals surface area contributed by atoms with Crippen molar-refractivity contribution in [3.63, 3.8) is 0 Å². The Bertz CT molecular complexity index is 768. The summed E-state index contributed by atoms with van der Waals surface area (Å²) in [5.74, 6) is 2.64.